The maximum absolute atomic E-state index is 11.2. The molecule has 1 aliphatic rings. The van der Waals surface area contributed by atoms with Gasteiger partial charge in [0.15, 0.2) is 0 Å². The number of carboxylic acid groups (broad SMARTS) is 1. The van der Waals surface area contributed by atoms with E-state index in [2.05, 4.69) is 11.0 Å². The molecule has 0 bridgehead atoms. The van der Waals surface area contributed by atoms with Crippen LogP contribution in [0.1, 0.15) is 25.1 Å². The number of aryl methyl sites for hydroxylation is 1. The maximum Gasteiger partial charge on any atom is 0.407 e. The van der Waals surface area contributed by atoms with Crippen LogP contribution in [0.3, 0.4) is 0 Å². The molecule has 1 atom stereocenters. The molecule has 1 fully saturated rings. The third kappa shape index (κ3) is 2.96. The average Bonchev–Trinajstić information content (AvgIpc) is 2.74. The van der Waals surface area contributed by atoms with Gasteiger partial charge in [-0.3, -0.25) is 0 Å². The van der Waals surface area contributed by atoms with E-state index < -0.39 is 6.09 Å². The Kier molecular flexibility index (Phi) is 4.12. The summed E-state index contributed by atoms with van der Waals surface area (Å²) in [5, 5.41) is 9.18. The Morgan fingerprint density at radius 2 is 2.13 bits per heavy atom. The number of rotatable bonds is 2. The van der Waals surface area contributed by atoms with Gasteiger partial charge in [-0.25, -0.2) is 9.78 Å². The highest BCUT2D eigenvalue weighted by atomic mass is 16.4. The maximum atomic E-state index is 11.2. The second kappa shape index (κ2) is 6.08. The summed E-state index contributed by atoms with van der Waals surface area (Å²) in [4.78, 5) is 19.6. The Bertz CT molecular complexity index is 725. The van der Waals surface area contributed by atoms with E-state index >= 15 is 0 Å². The van der Waals surface area contributed by atoms with Crippen LogP contribution in [0.25, 0.3) is 11.0 Å². The van der Waals surface area contributed by atoms with Crippen LogP contribution >= 0.6 is 0 Å². The summed E-state index contributed by atoms with van der Waals surface area (Å²) in [6.45, 7) is 4.46. The summed E-state index contributed by atoms with van der Waals surface area (Å²) in [7, 11) is 1.99. The van der Waals surface area contributed by atoms with Gasteiger partial charge in [-0.05, 0) is 25.5 Å². The molecule has 0 aromatic carbocycles. The van der Waals surface area contributed by atoms with Gasteiger partial charge in [-0.1, -0.05) is 0 Å². The molecule has 0 unspecified atom stereocenters. The molecular weight excluding hydrogens is 294 g/mol. The summed E-state index contributed by atoms with van der Waals surface area (Å²) in [5.74, 6) is 0. The van der Waals surface area contributed by atoms with E-state index in [0.29, 0.717) is 19.6 Å². The lowest BCUT2D eigenvalue weighted by atomic mass is 10.1. The minimum atomic E-state index is -0.852. The Morgan fingerprint density at radius 1 is 1.35 bits per heavy atom. The normalized spacial score (nSPS) is 17.3. The molecule has 2 aromatic heterocycles. The van der Waals surface area contributed by atoms with Gasteiger partial charge in [0.2, 0.25) is 0 Å². The van der Waals surface area contributed by atoms with Crippen molar-refractivity contribution in [2.24, 2.45) is 12.8 Å². The fourth-order valence-electron chi connectivity index (χ4n) is 3.13. The molecule has 0 spiro atoms. The Labute approximate surface area is 135 Å². The third-order valence-corrected chi connectivity index (χ3v) is 4.41. The van der Waals surface area contributed by atoms with Crippen molar-refractivity contribution in [2.45, 2.75) is 19.4 Å². The predicted octanol–water partition coefficient (Wildman–Crippen LogP) is 1.78. The van der Waals surface area contributed by atoms with Crippen molar-refractivity contribution in [3.63, 3.8) is 0 Å². The molecular formula is C16H23N5O2. The molecule has 1 aliphatic heterocycles. The number of nitrogens with zero attached hydrogens (tertiary/aromatic N) is 4. The summed E-state index contributed by atoms with van der Waals surface area (Å²) in [5.41, 5.74) is 10.0. The summed E-state index contributed by atoms with van der Waals surface area (Å²) >= 11 is 0. The van der Waals surface area contributed by atoms with Crippen molar-refractivity contribution in [2.75, 3.05) is 31.1 Å². The summed E-state index contributed by atoms with van der Waals surface area (Å²) < 4.78 is 2.04. The minimum Gasteiger partial charge on any atom is -0.465 e. The molecule has 1 saturated heterocycles. The average molecular weight is 317 g/mol. The van der Waals surface area contributed by atoms with Gasteiger partial charge in [-0.15, -0.1) is 0 Å². The summed E-state index contributed by atoms with van der Waals surface area (Å²) in [6.07, 6.45) is 1.94. The van der Waals surface area contributed by atoms with Crippen LogP contribution in [0.2, 0.25) is 0 Å². The number of nitrogens with two attached hydrogens (primary N) is 1. The smallest absolute Gasteiger partial charge is 0.407 e. The van der Waals surface area contributed by atoms with E-state index in [4.69, 9.17) is 10.7 Å². The number of fused-ring (bicyclic) bond motifs is 1. The van der Waals surface area contributed by atoms with Crippen LogP contribution in [-0.2, 0) is 7.05 Å². The molecule has 0 saturated carbocycles. The monoisotopic (exact) mass is 317 g/mol. The van der Waals surface area contributed by atoms with E-state index in [1.54, 1.807) is 0 Å². The topological polar surface area (TPSA) is 87.6 Å². The minimum absolute atomic E-state index is 0.173. The fraction of sp³-hybridized carbons (Fsp3) is 0.500. The van der Waals surface area contributed by atoms with Gasteiger partial charge >= 0.3 is 6.09 Å². The van der Waals surface area contributed by atoms with E-state index in [-0.39, 0.29) is 6.04 Å². The van der Waals surface area contributed by atoms with E-state index in [9.17, 15) is 9.90 Å². The zero-order valence-corrected chi connectivity index (χ0v) is 13.6. The predicted molar refractivity (Wildman–Crippen MR) is 89.7 cm³/mol. The van der Waals surface area contributed by atoms with Crippen molar-refractivity contribution in [1.29, 1.82) is 0 Å². The first kappa shape index (κ1) is 15.6. The van der Waals surface area contributed by atoms with Crippen molar-refractivity contribution in [3.8, 4) is 0 Å². The number of hydrogen-bond acceptors (Lipinski definition) is 4. The number of aromatic nitrogens is 2. The van der Waals surface area contributed by atoms with E-state index in [1.165, 1.54) is 4.90 Å². The molecule has 3 N–H and O–H groups in total. The molecule has 3 heterocycles. The van der Waals surface area contributed by atoms with Crippen LogP contribution in [0, 0.1) is 0 Å². The van der Waals surface area contributed by atoms with Gasteiger partial charge in [-0.2, -0.15) is 0 Å². The Hall–Kier alpha value is -2.28. The number of anilines is 1. The van der Waals surface area contributed by atoms with Crippen LogP contribution < -0.4 is 10.6 Å². The quantitative estimate of drug-likeness (QED) is 0.881. The highest BCUT2D eigenvalue weighted by Crippen LogP contribution is 2.29. The van der Waals surface area contributed by atoms with Crippen LogP contribution in [0.15, 0.2) is 18.3 Å². The lowest BCUT2D eigenvalue weighted by molar-refractivity contribution is 0.148. The Morgan fingerprint density at radius 3 is 2.83 bits per heavy atom. The number of carbonyl (C=O) groups is 1. The van der Waals surface area contributed by atoms with E-state index in [1.807, 2.05) is 30.8 Å². The standard InChI is InChI=1S/C16H23N5O2/c1-11(17)15-14(10-13-12(18-15)4-7-19(13)2)20-5-3-6-21(9-8-20)16(22)23/h4,7,10-11H,3,5-6,8-9,17H2,1-2H3,(H,22,23)/t11-/m0/s1. The number of hydrogen-bond donors (Lipinski definition) is 2. The third-order valence-electron chi connectivity index (χ3n) is 4.41. The zero-order valence-electron chi connectivity index (χ0n) is 13.6. The van der Waals surface area contributed by atoms with Gasteiger partial charge in [0.25, 0.3) is 0 Å². The van der Waals surface area contributed by atoms with E-state index in [0.717, 1.165) is 35.4 Å². The fourth-order valence-corrected chi connectivity index (χ4v) is 3.13. The molecule has 1 amide bonds. The molecule has 7 heteroatoms. The largest absolute Gasteiger partial charge is 0.465 e. The van der Waals surface area contributed by atoms with Gasteiger partial charge in [0, 0.05) is 45.5 Å². The molecule has 23 heavy (non-hydrogen) atoms. The lowest BCUT2D eigenvalue weighted by Crippen LogP contribution is -2.34. The zero-order chi connectivity index (χ0) is 16.6. The molecule has 124 valence electrons. The van der Waals surface area contributed by atoms with Crippen molar-refractivity contribution in [3.05, 3.63) is 24.0 Å². The molecule has 3 rings (SSSR count). The van der Waals surface area contributed by atoms with Crippen LogP contribution in [0.5, 0.6) is 0 Å². The van der Waals surface area contributed by atoms with Gasteiger partial charge < -0.3 is 25.2 Å². The summed E-state index contributed by atoms with van der Waals surface area (Å²) in [6, 6.07) is 3.94. The first-order valence-electron chi connectivity index (χ1n) is 7.91. The Balaban J connectivity index is 1.98. The van der Waals surface area contributed by atoms with Gasteiger partial charge in [0.1, 0.15) is 0 Å². The molecule has 7 nitrogen and oxygen atoms in total. The molecule has 0 radical (unpaired) electrons. The first-order valence-corrected chi connectivity index (χ1v) is 7.91. The second-order valence-electron chi connectivity index (χ2n) is 6.12. The number of amides is 1. The van der Waals surface area contributed by atoms with Crippen LogP contribution in [0.4, 0.5) is 10.5 Å². The van der Waals surface area contributed by atoms with Gasteiger partial charge in [0.05, 0.1) is 22.4 Å². The van der Waals surface area contributed by atoms with Crippen LogP contribution in [-0.4, -0.2) is 51.8 Å². The molecule has 0 aliphatic carbocycles. The SMILES string of the molecule is C[C@H](N)c1nc2ccn(C)c2cc1N1CCCN(C(=O)O)CC1. The van der Waals surface area contributed by atoms with Crippen molar-refractivity contribution >= 4 is 22.8 Å². The highest BCUT2D eigenvalue weighted by Gasteiger charge is 2.22. The first-order chi connectivity index (χ1) is 11.0. The molecule has 2 aromatic rings. The number of pyridine rings is 1. The van der Waals surface area contributed by atoms with Crippen molar-refractivity contribution < 1.29 is 9.90 Å². The lowest BCUT2D eigenvalue weighted by Gasteiger charge is -2.26. The van der Waals surface area contributed by atoms with Crippen molar-refractivity contribution in [1.82, 2.24) is 14.5 Å². The highest BCUT2D eigenvalue weighted by molar-refractivity contribution is 5.81. The second-order valence-corrected chi connectivity index (χ2v) is 6.12.